The summed E-state index contributed by atoms with van der Waals surface area (Å²) in [6.45, 7) is 1.92. The third-order valence-corrected chi connectivity index (χ3v) is 5.75. The van der Waals surface area contributed by atoms with E-state index in [1.807, 2.05) is 31.2 Å². The number of hydrogen-bond donors (Lipinski definition) is 1. The maximum absolute atomic E-state index is 12.9. The van der Waals surface area contributed by atoms with Gasteiger partial charge in [0.2, 0.25) is 11.8 Å². The molecule has 0 spiro atoms. The maximum atomic E-state index is 12.9. The van der Waals surface area contributed by atoms with Gasteiger partial charge in [-0.25, -0.2) is 4.79 Å². The number of nitrogens with one attached hydrogen (secondary N) is 1. The second-order valence-electron chi connectivity index (χ2n) is 7.29. The summed E-state index contributed by atoms with van der Waals surface area (Å²) < 4.78 is 0. The number of para-hydroxylation sites is 1. The summed E-state index contributed by atoms with van der Waals surface area (Å²) in [5.74, 6) is -1.10. The van der Waals surface area contributed by atoms with Gasteiger partial charge >= 0.3 is 6.03 Å². The zero-order chi connectivity index (χ0) is 17.6. The molecule has 6 heteroatoms. The molecule has 3 fully saturated rings. The first-order valence-corrected chi connectivity index (χ1v) is 8.82. The number of carbonyl (C=O) groups is 3. The second kappa shape index (κ2) is 6.10. The van der Waals surface area contributed by atoms with Crippen LogP contribution in [0.4, 0.5) is 10.5 Å². The van der Waals surface area contributed by atoms with Crippen molar-refractivity contribution in [2.24, 2.45) is 22.7 Å². The molecule has 0 radical (unpaired) electrons. The molecule has 0 unspecified atom stereocenters. The molecule has 2 bridgehead atoms. The van der Waals surface area contributed by atoms with E-state index in [4.69, 9.17) is 0 Å². The van der Waals surface area contributed by atoms with Crippen molar-refractivity contribution in [1.82, 2.24) is 10.2 Å². The van der Waals surface area contributed by atoms with Gasteiger partial charge in [-0.3, -0.25) is 24.8 Å². The summed E-state index contributed by atoms with van der Waals surface area (Å²) in [7, 11) is 0. The molecule has 1 aromatic rings. The van der Waals surface area contributed by atoms with Gasteiger partial charge in [0.05, 0.1) is 5.69 Å². The number of imide groups is 2. The molecule has 1 aliphatic heterocycles. The zero-order valence-electron chi connectivity index (χ0n) is 14.1. The number of fused-ring (bicyclic) bond motifs is 2. The van der Waals surface area contributed by atoms with Crippen molar-refractivity contribution in [3.05, 3.63) is 29.8 Å². The number of aliphatic imine (C=N–C) groups is 1. The number of benzene rings is 1. The summed E-state index contributed by atoms with van der Waals surface area (Å²) in [5, 5.41) is 2.33. The largest absolute Gasteiger partial charge is 0.331 e. The Morgan fingerprint density at radius 3 is 2.64 bits per heavy atom. The quantitative estimate of drug-likeness (QED) is 0.679. The molecule has 4 atom stereocenters. The van der Waals surface area contributed by atoms with Crippen LogP contribution >= 0.6 is 0 Å². The van der Waals surface area contributed by atoms with Crippen molar-refractivity contribution in [3.8, 4) is 0 Å². The molecule has 25 heavy (non-hydrogen) atoms. The van der Waals surface area contributed by atoms with Crippen LogP contribution in [0, 0.1) is 24.7 Å². The fourth-order valence-corrected chi connectivity index (χ4v) is 4.44. The molecule has 1 saturated heterocycles. The number of rotatable bonds is 3. The van der Waals surface area contributed by atoms with Gasteiger partial charge in [0.25, 0.3) is 0 Å². The fraction of sp³-hybridized carbons (Fsp3) is 0.474. The van der Waals surface area contributed by atoms with Gasteiger partial charge in [0.1, 0.15) is 0 Å². The minimum Gasteiger partial charge on any atom is -0.277 e. The van der Waals surface area contributed by atoms with Gasteiger partial charge in [-0.2, -0.15) is 0 Å². The van der Waals surface area contributed by atoms with Crippen molar-refractivity contribution >= 4 is 29.7 Å². The predicted molar refractivity (Wildman–Crippen MR) is 92.4 cm³/mol. The lowest BCUT2D eigenvalue weighted by Gasteiger charge is -2.36. The molecule has 6 nitrogen and oxygen atoms in total. The van der Waals surface area contributed by atoms with E-state index in [1.165, 1.54) is 17.5 Å². The van der Waals surface area contributed by atoms with Crippen LogP contribution in [0.1, 0.15) is 31.2 Å². The van der Waals surface area contributed by atoms with Crippen LogP contribution in [-0.2, 0) is 9.59 Å². The number of aryl methyl sites for hydroxylation is 1. The Balaban J connectivity index is 1.57. The summed E-state index contributed by atoms with van der Waals surface area (Å²) in [6.07, 6.45) is 5.55. The zero-order valence-corrected chi connectivity index (χ0v) is 14.1. The van der Waals surface area contributed by atoms with Crippen molar-refractivity contribution in [1.29, 1.82) is 0 Å². The first kappa shape index (κ1) is 16.0. The molecule has 0 aromatic heterocycles. The topological polar surface area (TPSA) is 78.8 Å². The smallest absolute Gasteiger partial charge is 0.277 e. The van der Waals surface area contributed by atoms with E-state index in [1.54, 1.807) is 0 Å². The summed E-state index contributed by atoms with van der Waals surface area (Å²) in [6, 6.07) is 6.86. The number of amides is 4. The Kier molecular flexibility index (Phi) is 3.90. The van der Waals surface area contributed by atoms with Crippen LogP contribution < -0.4 is 5.32 Å². The Bertz CT molecular complexity index is 773. The maximum Gasteiger partial charge on any atom is 0.331 e. The number of urea groups is 1. The van der Waals surface area contributed by atoms with E-state index in [2.05, 4.69) is 10.3 Å². The molecule has 1 heterocycles. The standard InChI is InChI=1S/C19H21N3O3/c1-11-4-2-3-5-15(11)20-10-14-17(23)21-19(25)22(18(14)24)16-9-12-6-7-13(16)8-12/h2-5,10,12-14,16H,6-9H2,1H3,(H,21,23,25)/t12-,13-,14-,16+/m0/s1. The number of carbonyl (C=O) groups excluding carboxylic acids is 3. The minimum atomic E-state index is -1.04. The van der Waals surface area contributed by atoms with Gasteiger partial charge < -0.3 is 0 Å². The van der Waals surface area contributed by atoms with Crippen LogP contribution in [0.15, 0.2) is 29.3 Å². The monoisotopic (exact) mass is 339 g/mol. The summed E-state index contributed by atoms with van der Waals surface area (Å²) in [4.78, 5) is 42.9. The fourth-order valence-electron chi connectivity index (χ4n) is 4.44. The highest BCUT2D eigenvalue weighted by molar-refractivity contribution is 6.23. The molecule has 4 rings (SSSR count). The van der Waals surface area contributed by atoms with Gasteiger partial charge in [-0.05, 0) is 49.7 Å². The van der Waals surface area contributed by atoms with Gasteiger partial charge in [0.15, 0.2) is 5.92 Å². The molecule has 3 aliphatic rings. The highest BCUT2D eigenvalue weighted by Gasteiger charge is 2.50. The van der Waals surface area contributed by atoms with Crippen molar-refractivity contribution < 1.29 is 14.4 Å². The van der Waals surface area contributed by atoms with E-state index in [-0.39, 0.29) is 6.04 Å². The Morgan fingerprint density at radius 2 is 1.96 bits per heavy atom. The highest BCUT2D eigenvalue weighted by Crippen LogP contribution is 2.47. The van der Waals surface area contributed by atoms with E-state index in [9.17, 15) is 14.4 Å². The predicted octanol–water partition coefficient (Wildman–Crippen LogP) is 2.58. The number of hydrogen-bond acceptors (Lipinski definition) is 4. The lowest BCUT2D eigenvalue weighted by molar-refractivity contribution is -0.141. The third kappa shape index (κ3) is 2.75. The summed E-state index contributed by atoms with van der Waals surface area (Å²) in [5.41, 5.74) is 1.68. The van der Waals surface area contributed by atoms with E-state index in [0.717, 1.165) is 24.8 Å². The lowest BCUT2D eigenvalue weighted by Crippen LogP contribution is -2.62. The van der Waals surface area contributed by atoms with Crippen LogP contribution in [0.2, 0.25) is 0 Å². The molecule has 4 amide bonds. The minimum absolute atomic E-state index is 0.0753. The van der Waals surface area contributed by atoms with Gasteiger partial charge in [-0.15, -0.1) is 0 Å². The van der Waals surface area contributed by atoms with E-state index >= 15 is 0 Å². The van der Waals surface area contributed by atoms with Crippen LogP contribution in [-0.4, -0.2) is 35.0 Å². The SMILES string of the molecule is Cc1ccccc1N=C[C@H]1C(=O)NC(=O)N([C@@H]2C[C@H]3CC[C@H]2C3)C1=O. The average molecular weight is 339 g/mol. The van der Waals surface area contributed by atoms with Crippen molar-refractivity contribution in [3.63, 3.8) is 0 Å². The number of barbiturate groups is 1. The Labute approximate surface area is 146 Å². The third-order valence-electron chi connectivity index (χ3n) is 5.75. The second-order valence-corrected chi connectivity index (χ2v) is 7.29. The summed E-state index contributed by atoms with van der Waals surface area (Å²) >= 11 is 0. The molecule has 1 aromatic carbocycles. The Hall–Kier alpha value is -2.50. The van der Waals surface area contributed by atoms with Gasteiger partial charge in [-0.1, -0.05) is 24.6 Å². The van der Waals surface area contributed by atoms with E-state index in [0.29, 0.717) is 17.5 Å². The molecule has 1 N–H and O–H groups in total. The normalized spacial score (nSPS) is 31.9. The molecule has 2 aliphatic carbocycles. The first-order chi connectivity index (χ1) is 12.0. The molecular weight excluding hydrogens is 318 g/mol. The molecular formula is C19H21N3O3. The van der Waals surface area contributed by atoms with E-state index < -0.39 is 23.8 Å². The molecule has 2 saturated carbocycles. The van der Waals surface area contributed by atoms with Crippen molar-refractivity contribution in [2.45, 2.75) is 38.6 Å². The lowest BCUT2D eigenvalue weighted by atomic mass is 9.92. The Morgan fingerprint density at radius 1 is 1.16 bits per heavy atom. The highest BCUT2D eigenvalue weighted by atomic mass is 16.2. The van der Waals surface area contributed by atoms with Crippen LogP contribution in [0.5, 0.6) is 0 Å². The van der Waals surface area contributed by atoms with Crippen LogP contribution in [0.3, 0.4) is 0 Å². The molecule has 130 valence electrons. The van der Waals surface area contributed by atoms with Crippen LogP contribution in [0.25, 0.3) is 0 Å². The van der Waals surface area contributed by atoms with Gasteiger partial charge in [0, 0.05) is 12.3 Å². The average Bonchev–Trinajstić information content (AvgIpc) is 3.19. The number of nitrogens with zero attached hydrogens (tertiary/aromatic N) is 2. The first-order valence-electron chi connectivity index (χ1n) is 8.82. The van der Waals surface area contributed by atoms with Crippen molar-refractivity contribution in [2.75, 3.05) is 0 Å².